The van der Waals surface area contributed by atoms with Crippen molar-refractivity contribution in [2.24, 2.45) is 0 Å². The van der Waals surface area contributed by atoms with E-state index in [1.54, 1.807) is 6.92 Å². The zero-order valence-electron chi connectivity index (χ0n) is 10.6. The predicted octanol–water partition coefficient (Wildman–Crippen LogP) is 0.788. The summed E-state index contributed by atoms with van der Waals surface area (Å²) in [6, 6.07) is 6.38. The number of ether oxygens (including phenoxy) is 1. The van der Waals surface area contributed by atoms with Crippen molar-refractivity contribution in [1.82, 2.24) is 4.72 Å². The van der Waals surface area contributed by atoms with Gasteiger partial charge >= 0.3 is 5.97 Å². The van der Waals surface area contributed by atoms with Crippen LogP contribution < -0.4 is 4.72 Å². The monoisotopic (exact) mass is 282 g/mol. The highest BCUT2D eigenvalue weighted by Crippen LogP contribution is 2.11. The van der Waals surface area contributed by atoms with Gasteiger partial charge in [-0.25, -0.2) is 8.42 Å². The number of nitriles is 1. The summed E-state index contributed by atoms with van der Waals surface area (Å²) in [6.07, 6.45) is 0.280. The Morgan fingerprint density at radius 2 is 2.00 bits per heavy atom. The summed E-state index contributed by atoms with van der Waals surface area (Å²) in [4.78, 5) is 11.4. The van der Waals surface area contributed by atoms with Gasteiger partial charge in [-0.1, -0.05) is 6.92 Å². The summed E-state index contributed by atoms with van der Waals surface area (Å²) in [6.45, 7) is 1.67. The molecule has 7 heteroatoms. The van der Waals surface area contributed by atoms with Gasteiger partial charge in [-0.3, -0.25) is 4.79 Å². The fraction of sp³-hybridized carbons (Fsp3) is 0.333. The Morgan fingerprint density at radius 3 is 2.42 bits per heavy atom. The van der Waals surface area contributed by atoms with Crippen LogP contribution in [0.5, 0.6) is 0 Å². The van der Waals surface area contributed by atoms with E-state index in [1.807, 2.05) is 6.07 Å². The number of benzene rings is 1. The molecule has 0 heterocycles. The molecule has 1 N–H and O–H groups in total. The van der Waals surface area contributed by atoms with E-state index in [0.717, 1.165) is 0 Å². The molecule has 0 aliphatic heterocycles. The zero-order valence-corrected chi connectivity index (χ0v) is 11.4. The molecule has 0 aromatic heterocycles. The van der Waals surface area contributed by atoms with Gasteiger partial charge in [-0.05, 0) is 30.7 Å². The molecule has 1 atom stereocenters. The minimum Gasteiger partial charge on any atom is -0.468 e. The fourth-order valence-corrected chi connectivity index (χ4v) is 2.67. The molecule has 0 aliphatic carbocycles. The lowest BCUT2D eigenvalue weighted by atomic mass is 10.2. The van der Waals surface area contributed by atoms with Crippen LogP contribution in [0.1, 0.15) is 18.9 Å². The van der Waals surface area contributed by atoms with Crippen molar-refractivity contribution in [3.05, 3.63) is 29.8 Å². The third-order valence-electron chi connectivity index (χ3n) is 2.49. The van der Waals surface area contributed by atoms with Crippen molar-refractivity contribution in [2.75, 3.05) is 7.11 Å². The lowest BCUT2D eigenvalue weighted by Gasteiger charge is -2.14. The third-order valence-corrected chi connectivity index (χ3v) is 3.97. The summed E-state index contributed by atoms with van der Waals surface area (Å²) < 4.78 is 30.8. The topological polar surface area (TPSA) is 96.3 Å². The SMILES string of the molecule is CCC(NS(=O)(=O)c1ccc(C#N)cc1)C(=O)OC. The summed E-state index contributed by atoms with van der Waals surface area (Å²) in [7, 11) is -2.62. The van der Waals surface area contributed by atoms with E-state index < -0.39 is 22.0 Å². The number of nitrogens with one attached hydrogen (secondary N) is 1. The van der Waals surface area contributed by atoms with Gasteiger partial charge in [0, 0.05) is 0 Å². The molecular formula is C12H14N2O4S. The molecule has 0 fully saturated rings. The first-order chi connectivity index (χ1) is 8.94. The summed E-state index contributed by atoms with van der Waals surface area (Å²) >= 11 is 0. The van der Waals surface area contributed by atoms with Crippen LogP contribution in [0.2, 0.25) is 0 Å². The van der Waals surface area contributed by atoms with E-state index in [1.165, 1.54) is 31.4 Å². The number of methoxy groups -OCH3 is 1. The Morgan fingerprint density at radius 1 is 1.42 bits per heavy atom. The lowest BCUT2D eigenvalue weighted by Crippen LogP contribution is -2.40. The maximum Gasteiger partial charge on any atom is 0.323 e. The first kappa shape index (κ1) is 15.1. The van der Waals surface area contributed by atoms with E-state index in [2.05, 4.69) is 9.46 Å². The van der Waals surface area contributed by atoms with Gasteiger partial charge in [0.15, 0.2) is 0 Å². The second-order valence-electron chi connectivity index (χ2n) is 3.74. The van der Waals surface area contributed by atoms with Gasteiger partial charge in [0.2, 0.25) is 10.0 Å². The molecule has 1 unspecified atom stereocenters. The van der Waals surface area contributed by atoms with Crippen LogP contribution in [0.4, 0.5) is 0 Å². The van der Waals surface area contributed by atoms with E-state index in [0.29, 0.717) is 5.56 Å². The molecule has 102 valence electrons. The molecule has 1 aromatic carbocycles. The highest BCUT2D eigenvalue weighted by Gasteiger charge is 2.24. The van der Waals surface area contributed by atoms with Crippen LogP contribution >= 0.6 is 0 Å². The summed E-state index contributed by atoms with van der Waals surface area (Å²) in [5.41, 5.74) is 0.360. The molecule has 0 bridgehead atoms. The van der Waals surface area contributed by atoms with Crippen molar-refractivity contribution in [3.8, 4) is 6.07 Å². The van der Waals surface area contributed by atoms with Crippen LogP contribution in [0, 0.1) is 11.3 Å². The Labute approximate surface area is 112 Å². The highest BCUT2D eigenvalue weighted by molar-refractivity contribution is 7.89. The Bertz CT molecular complexity index is 587. The molecular weight excluding hydrogens is 268 g/mol. The molecule has 0 aliphatic rings. The molecule has 1 aromatic rings. The number of hydrogen-bond acceptors (Lipinski definition) is 5. The van der Waals surface area contributed by atoms with Crippen LogP contribution in [0.15, 0.2) is 29.2 Å². The van der Waals surface area contributed by atoms with Crippen molar-refractivity contribution < 1.29 is 17.9 Å². The van der Waals surface area contributed by atoms with E-state index in [9.17, 15) is 13.2 Å². The smallest absolute Gasteiger partial charge is 0.323 e. The standard InChI is InChI=1S/C12H14N2O4S/c1-3-11(12(15)18-2)14-19(16,17)10-6-4-9(8-13)5-7-10/h4-7,11,14H,3H2,1-2H3. The highest BCUT2D eigenvalue weighted by atomic mass is 32.2. The van der Waals surface area contributed by atoms with E-state index in [-0.39, 0.29) is 11.3 Å². The second-order valence-corrected chi connectivity index (χ2v) is 5.46. The van der Waals surface area contributed by atoms with Crippen molar-refractivity contribution in [1.29, 1.82) is 5.26 Å². The number of esters is 1. The van der Waals surface area contributed by atoms with Gasteiger partial charge in [0.25, 0.3) is 0 Å². The molecule has 0 amide bonds. The quantitative estimate of drug-likeness (QED) is 0.805. The molecule has 6 nitrogen and oxygen atoms in total. The summed E-state index contributed by atoms with van der Waals surface area (Å²) in [5.74, 6) is -0.639. The average Bonchev–Trinajstić information content (AvgIpc) is 2.44. The van der Waals surface area contributed by atoms with Crippen molar-refractivity contribution in [3.63, 3.8) is 0 Å². The first-order valence-electron chi connectivity index (χ1n) is 5.55. The third kappa shape index (κ3) is 3.77. The fourth-order valence-electron chi connectivity index (χ4n) is 1.40. The van der Waals surface area contributed by atoms with E-state index >= 15 is 0 Å². The van der Waals surface area contributed by atoms with Gasteiger partial charge in [-0.2, -0.15) is 9.98 Å². The van der Waals surface area contributed by atoms with Crippen LogP contribution in [0.3, 0.4) is 0 Å². The van der Waals surface area contributed by atoms with Crippen molar-refractivity contribution in [2.45, 2.75) is 24.3 Å². The minimum atomic E-state index is -3.81. The average molecular weight is 282 g/mol. The molecule has 0 radical (unpaired) electrons. The van der Waals surface area contributed by atoms with Gasteiger partial charge < -0.3 is 4.74 Å². The Balaban J connectivity index is 2.97. The number of hydrogen-bond donors (Lipinski definition) is 1. The minimum absolute atomic E-state index is 0.00569. The van der Waals surface area contributed by atoms with Gasteiger partial charge in [0.1, 0.15) is 6.04 Å². The normalized spacial score (nSPS) is 12.5. The predicted molar refractivity (Wildman–Crippen MR) is 67.6 cm³/mol. The molecule has 0 spiro atoms. The number of rotatable bonds is 5. The largest absolute Gasteiger partial charge is 0.468 e. The van der Waals surface area contributed by atoms with Gasteiger partial charge in [-0.15, -0.1) is 0 Å². The first-order valence-corrected chi connectivity index (χ1v) is 7.03. The second kappa shape index (κ2) is 6.31. The molecule has 0 saturated carbocycles. The maximum absolute atomic E-state index is 12.0. The van der Waals surface area contributed by atoms with Crippen LogP contribution in [-0.2, 0) is 19.6 Å². The Hall–Kier alpha value is -1.91. The maximum atomic E-state index is 12.0. The summed E-state index contributed by atoms with van der Waals surface area (Å²) in [5, 5.41) is 8.64. The van der Waals surface area contributed by atoms with Gasteiger partial charge in [0.05, 0.1) is 23.6 Å². The number of nitrogens with zero attached hydrogens (tertiary/aromatic N) is 1. The van der Waals surface area contributed by atoms with E-state index in [4.69, 9.17) is 5.26 Å². The molecule has 19 heavy (non-hydrogen) atoms. The molecule has 0 saturated heterocycles. The van der Waals surface area contributed by atoms with Crippen molar-refractivity contribution >= 4 is 16.0 Å². The molecule has 1 rings (SSSR count). The van der Waals surface area contributed by atoms with Crippen LogP contribution in [-0.4, -0.2) is 27.5 Å². The van der Waals surface area contributed by atoms with Crippen LogP contribution in [0.25, 0.3) is 0 Å². The number of carbonyl (C=O) groups excluding carboxylic acids is 1. The Kier molecular flexibility index (Phi) is 5.03. The number of carbonyl (C=O) groups is 1. The number of sulfonamides is 1. The lowest BCUT2D eigenvalue weighted by molar-refractivity contribution is -0.142. The zero-order chi connectivity index (χ0) is 14.5.